The predicted octanol–water partition coefficient (Wildman–Crippen LogP) is 1.67. The number of carbonyl (C=O) groups is 2. The third kappa shape index (κ3) is 1.75. The maximum Gasteiger partial charge on any atom is 0.322 e. The van der Waals surface area contributed by atoms with Crippen molar-refractivity contribution >= 4 is 27.9 Å². The average molecular weight is 367 g/mol. The highest BCUT2D eigenvalue weighted by Crippen LogP contribution is 2.49. The molecule has 4 atom stereocenters. The van der Waals surface area contributed by atoms with Gasteiger partial charge in [-0.3, -0.25) is 10.1 Å². The monoisotopic (exact) mass is 366 g/mol. The number of imide groups is 1. The van der Waals surface area contributed by atoms with E-state index in [1.165, 1.54) is 0 Å². The molecule has 1 aromatic rings. The van der Waals surface area contributed by atoms with E-state index in [1.807, 2.05) is 25.1 Å². The molecular formula is C15H15BrN2O4. The van der Waals surface area contributed by atoms with Gasteiger partial charge in [0.2, 0.25) is 0 Å². The molecule has 0 aliphatic carbocycles. The number of fused-ring (bicyclic) bond motifs is 4. The van der Waals surface area contributed by atoms with Gasteiger partial charge in [-0.15, -0.1) is 0 Å². The van der Waals surface area contributed by atoms with Gasteiger partial charge in [0.25, 0.3) is 5.91 Å². The lowest BCUT2D eigenvalue weighted by atomic mass is 9.69. The van der Waals surface area contributed by atoms with Crippen LogP contribution in [-0.4, -0.2) is 30.8 Å². The van der Waals surface area contributed by atoms with Crippen molar-refractivity contribution in [3.05, 3.63) is 28.2 Å². The first-order valence-corrected chi connectivity index (χ1v) is 8.03. The predicted molar refractivity (Wildman–Crippen MR) is 80.4 cm³/mol. The van der Waals surface area contributed by atoms with E-state index >= 15 is 0 Å². The van der Waals surface area contributed by atoms with E-state index in [-0.39, 0.29) is 24.0 Å². The summed E-state index contributed by atoms with van der Waals surface area (Å²) in [7, 11) is 0. The Hall–Kier alpha value is -1.60. The zero-order chi connectivity index (χ0) is 15.5. The molecule has 0 aromatic heterocycles. The van der Waals surface area contributed by atoms with Crippen LogP contribution in [0.5, 0.6) is 5.75 Å². The summed E-state index contributed by atoms with van der Waals surface area (Å²) in [5, 5.41) is 5.23. The molecule has 3 aliphatic rings. The second kappa shape index (κ2) is 4.70. The molecule has 4 rings (SSSR count). The minimum Gasteiger partial charge on any atom is -0.489 e. The normalized spacial score (nSPS) is 36.2. The van der Waals surface area contributed by atoms with Gasteiger partial charge in [-0.05, 0) is 25.1 Å². The minimum atomic E-state index is -1.14. The Morgan fingerprint density at radius 1 is 1.36 bits per heavy atom. The Balaban J connectivity index is 1.96. The number of urea groups is 1. The quantitative estimate of drug-likeness (QED) is 0.684. The standard InChI is InChI=1S/C15H15BrN2O4/c1-7-12-11(4-5-21-7)22-10-3-2-8(16)6-9(10)15(12)13(19)17-14(20)18-15/h2-3,6-7,11-12H,4-5H2,1H3,(H2,17,18,19,20)/t7-,11+,12+,15+/m0/s1. The van der Waals surface area contributed by atoms with Gasteiger partial charge in [-0.25, -0.2) is 4.79 Å². The van der Waals surface area contributed by atoms with Crippen LogP contribution in [0.1, 0.15) is 18.9 Å². The van der Waals surface area contributed by atoms with Crippen LogP contribution in [0.2, 0.25) is 0 Å². The van der Waals surface area contributed by atoms with Gasteiger partial charge < -0.3 is 14.8 Å². The third-order valence-electron chi connectivity index (χ3n) is 4.73. The van der Waals surface area contributed by atoms with Gasteiger partial charge in [0.1, 0.15) is 11.9 Å². The summed E-state index contributed by atoms with van der Waals surface area (Å²) >= 11 is 3.43. The van der Waals surface area contributed by atoms with Gasteiger partial charge in [0.15, 0.2) is 5.54 Å². The lowest BCUT2D eigenvalue weighted by Crippen LogP contribution is -2.63. The van der Waals surface area contributed by atoms with E-state index < -0.39 is 11.6 Å². The molecule has 0 radical (unpaired) electrons. The molecule has 22 heavy (non-hydrogen) atoms. The first-order chi connectivity index (χ1) is 10.5. The summed E-state index contributed by atoms with van der Waals surface area (Å²) in [6.07, 6.45) is 0.326. The number of carbonyl (C=O) groups excluding carboxylic acids is 2. The summed E-state index contributed by atoms with van der Waals surface area (Å²) < 4.78 is 12.7. The fraction of sp³-hybridized carbons (Fsp3) is 0.467. The number of benzene rings is 1. The highest BCUT2D eigenvalue weighted by Gasteiger charge is 2.62. The number of amides is 3. The summed E-state index contributed by atoms with van der Waals surface area (Å²) in [4.78, 5) is 24.6. The first kappa shape index (κ1) is 14.0. The van der Waals surface area contributed by atoms with E-state index in [2.05, 4.69) is 26.6 Å². The van der Waals surface area contributed by atoms with Crippen LogP contribution in [-0.2, 0) is 15.1 Å². The number of nitrogens with one attached hydrogen (secondary N) is 2. The molecule has 3 heterocycles. The Morgan fingerprint density at radius 2 is 2.18 bits per heavy atom. The molecule has 2 saturated heterocycles. The second-order valence-corrected chi connectivity index (χ2v) is 6.82. The Kier molecular flexibility index (Phi) is 2.99. The molecule has 2 N–H and O–H groups in total. The van der Waals surface area contributed by atoms with Crippen molar-refractivity contribution in [3.63, 3.8) is 0 Å². The third-order valence-corrected chi connectivity index (χ3v) is 5.22. The Labute approximate surface area is 135 Å². The van der Waals surface area contributed by atoms with E-state index in [4.69, 9.17) is 9.47 Å². The topological polar surface area (TPSA) is 76.7 Å². The Morgan fingerprint density at radius 3 is 2.91 bits per heavy atom. The average Bonchev–Trinajstić information content (AvgIpc) is 2.75. The summed E-state index contributed by atoms with van der Waals surface area (Å²) in [6, 6.07) is 5.05. The number of hydrogen-bond acceptors (Lipinski definition) is 4. The van der Waals surface area contributed by atoms with Crippen molar-refractivity contribution in [3.8, 4) is 5.75 Å². The molecule has 3 aliphatic heterocycles. The number of halogens is 1. The molecule has 1 aromatic carbocycles. The van der Waals surface area contributed by atoms with E-state index in [0.717, 1.165) is 4.47 Å². The van der Waals surface area contributed by atoms with Gasteiger partial charge in [-0.2, -0.15) is 0 Å². The molecule has 1 spiro atoms. The number of ether oxygens (including phenoxy) is 2. The Bertz CT molecular complexity index is 680. The van der Waals surface area contributed by atoms with Gasteiger partial charge in [-0.1, -0.05) is 15.9 Å². The molecule has 0 saturated carbocycles. The van der Waals surface area contributed by atoms with E-state index in [1.54, 1.807) is 0 Å². The molecule has 0 unspecified atom stereocenters. The van der Waals surface area contributed by atoms with Crippen LogP contribution in [0.25, 0.3) is 0 Å². The fourth-order valence-corrected chi connectivity index (χ4v) is 4.23. The van der Waals surface area contributed by atoms with Gasteiger partial charge >= 0.3 is 6.03 Å². The van der Waals surface area contributed by atoms with E-state index in [9.17, 15) is 9.59 Å². The molecule has 0 bridgehead atoms. The van der Waals surface area contributed by atoms with Crippen LogP contribution in [0.4, 0.5) is 4.79 Å². The van der Waals surface area contributed by atoms with Crippen LogP contribution in [0, 0.1) is 5.92 Å². The van der Waals surface area contributed by atoms with Gasteiger partial charge in [0.05, 0.1) is 18.6 Å². The van der Waals surface area contributed by atoms with Crippen LogP contribution in [0.15, 0.2) is 22.7 Å². The number of rotatable bonds is 0. The van der Waals surface area contributed by atoms with Crippen LogP contribution < -0.4 is 15.4 Å². The fourth-order valence-electron chi connectivity index (χ4n) is 3.87. The maximum atomic E-state index is 12.7. The van der Waals surface area contributed by atoms with Crippen LogP contribution in [0.3, 0.4) is 0 Å². The summed E-state index contributed by atoms with van der Waals surface area (Å²) in [6.45, 7) is 2.50. The molecule has 6 nitrogen and oxygen atoms in total. The first-order valence-electron chi connectivity index (χ1n) is 7.24. The minimum absolute atomic E-state index is 0.165. The molecule has 7 heteroatoms. The zero-order valence-electron chi connectivity index (χ0n) is 11.9. The molecule has 2 fully saturated rings. The smallest absolute Gasteiger partial charge is 0.322 e. The lowest BCUT2D eigenvalue weighted by Gasteiger charge is -2.49. The summed E-state index contributed by atoms with van der Waals surface area (Å²) in [5.74, 6) is 0.0258. The summed E-state index contributed by atoms with van der Waals surface area (Å²) in [5.41, 5.74) is -0.470. The molecule has 3 amide bonds. The number of hydrogen-bond donors (Lipinski definition) is 2. The van der Waals surface area contributed by atoms with Crippen molar-refractivity contribution in [1.82, 2.24) is 10.6 Å². The van der Waals surface area contributed by atoms with Crippen molar-refractivity contribution in [2.24, 2.45) is 5.92 Å². The van der Waals surface area contributed by atoms with Crippen molar-refractivity contribution in [2.75, 3.05) is 6.61 Å². The molecular weight excluding hydrogens is 352 g/mol. The molecule has 116 valence electrons. The highest BCUT2D eigenvalue weighted by atomic mass is 79.9. The zero-order valence-corrected chi connectivity index (χ0v) is 13.5. The second-order valence-electron chi connectivity index (χ2n) is 5.90. The lowest BCUT2D eigenvalue weighted by molar-refractivity contribution is -0.146. The van der Waals surface area contributed by atoms with Gasteiger partial charge in [0, 0.05) is 16.5 Å². The maximum absolute atomic E-state index is 12.7. The largest absolute Gasteiger partial charge is 0.489 e. The van der Waals surface area contributed by atoms with Crippen molar-refractivity contribution in [2.45, 2.75) is 31.1 Å². The van der Waals surface area contributed by atoms with Crippen molar-refractivity contribution in [1.29, 1.82) is 0 Å². The highest BCUT2D eigenvalue weighted by molar-refractivity contribution is 9.10. The van der Waals surface area contributed by atoms with E-state index in [0.29, 0.717) is 24.3 Å². The SMILES string of the molecule is C[C@@H]1OCC[C@H]2Oc3ccc(Br)cc3[C@@]3(NC(=O)NC3=O)[C@H]12. The van der Waals surface area contributed by atoms with Crippen molar-refractivity contribution < 1.29 is 19.1 Å². The van der Waals surface area contributed by atoms with Crippen LogP contribution >= 0.6 is 15.9 Å².